The van der Waals surface area contributed by atoms with Crippen LogP contribution in [0.15, 0.2) is 18.3 Å². The van der Waals surface area contributed by atoms with E-state index in [1.165, 1.54) is 31.2 Å². The van der Waals surface area contributed by atoms with Gasteiger partial charge in [0.15, 0.2) is 0 Å². The van der Waals surface area contributed by atoms with E-state index in [9.17, 15) is 0 Å². The molecule has 0 radical (unpaired) electrons. The van der Waals surface area contributed by atoms with E-state index >= 15 is 0 Å². The second kappa shape index (κ2) is 6.19. The number of rotatable bonds is 4. The zero-order chi connectivity index (χ0) is 13.0. The van der Waals surface area contributed by atoms with Crippen molar-refractivity contribution in [3.63, 3.8) is 0 Å². The first-order valence-electron chi connectivity index (χ1n) is 7.10. The van der Waals surface area contributed by atoms with Gasteiger partial charge in [-0.25, -0.2) is 4.98 Å². The summed E-state index contributed by atoms with van der Waals surface area (Å²) in [6.45, 7) is 5.42. The van der Waals surface area contributed by atoms with Crippen molar-refractivity contribution in [1.29, 1.82) is 0 Å². The lowest BCUT2D eigenvalue weighted by Crippen LogP contribution is -2.41. The van der Waals surface area contributed by atoms with Crippen LogP contribution in [0.2, 0.25) is 0 Å². The molecule has 0 aliphatic heterocycles. The maximum Gasteiger partial charge on any atom is 0.131 e. The van der Waals surface area contributed by atoms with Gasteiger partial charge < -0.3 is 10.2 Å². The van der Waals surface area contributed by atoms with E-state index in [1.807, 2.05) is 12.3 Å². The van der Waals surface area contributed by atoms with Crippen LogP contribution in [0.25, 0.3) is 0 Å². The molecule has 0 saturated heterocycles. The number of anilines is 1. The Labute approximate surface area is 111 Å². The molecular weight excluding hydrogens is 222 g/mol. The van der Waals surface area contributed by atoms with Crippen molar-refractivity contribution in [2.75, 3.05) is 18.5 Å². The Hall–Kier alpha value is -1.09. The van der Waals surface area contributed by atoms with Gasteiger partial charge in [-0.15, -0.1) is 0 Å². The highest BCUT2D eigenvalue weighted by Crippen LogP contribution is 2.26. The van der Waals surface area contributed by atoms with Crippen molar-refractivity contribution < 1.29 is 0 Å². The van der Waals surface area contributed by atoms with E-state index in [0.29, 0.717) is 6.04 Å². The normalized spacial score (nSPS) is 23.9. The molecule has 0 unspecified atom stereocenters. The second-order valence-electron chi connectivity index (χ2n) is 5.32. The molecule has 3 nitrogen and oxygen atoms in total. The molecule has 1 aliphatic carbocycles. The predicted octanol–water partition coefficient (Wildman–Crippen LogP) is 2.75. The Morgan fingerprint density at radius 2 is 2.06 bits per heavy atom. The van der Waals surface area contributed by atoms with Gasteiger partial charge in [-0.1, -0.05) is 13.0 Å². The monoisotopic (exact) mass is 247 g/mol. The van der Waals surface area contributed by atoms with E-state index in [0.717, 1.165) is 18.4 Å². The van der Waals surface area contributed by atoms with Crippen molar-refractivity contribution >= 4 is 5.82 Å². The molecule has 0 aromatic carbocycles. The van der Waals surface area contributed by atoms with Crippen molar-refractivity contribution in [1.82, 2.24) is 10.3 Å². The average Bonchev–Trinajstić information content (AvgIpc) is 2.40. The van der Waals surface area contributed by atoms with E-state index in [-0.39, 0.29) is 0 Å². The number of aryl methyl sites for hydroxylation is 1. The zero-order valence-corrected chi connectivity index (χ0v) is 11.8. The SMILES string of the molecule is CCNC1CCC(N(C)c2ncccc2C)CC1. The van der Waals surface area contributed by atoms with Crippen molar-refractivity contribution in [3.8, 4) is 0 Å². The molecule has 2 rings (SSSR count). The maximum atomic E-state index is 4.52. The standard InChI is InChI=1S/C15H25N3/c1-4-16-13-7-9-14(10-8-13)18(3)15-12(2)6-5-11-17-15/h5-6,11,13-14,16H,4,7-10H2,1-3H3. The van der Waals surface area contributed by atoms with Crippen LogP contribution < -0.4 is 10.2 Å². The highest BCUT2D eigenvalue weighted by molar-refractivity contribution is 5.46. The number of hydrogen-bond donors (Lipinski definition) is 1. The van der Waals surface area contributed by atoms with Gasteiger partial charge in [0.25, 0.3) is 0 Å². The highest BCUT2D eigenvalue weighted by atomic mass is 15.2. The van der Waals surface area contributed by atoms with Crippen molar-refractivity contribution in [3.05, 3.63) is 23.9 Å². The van der Waals surface area contributed by atoms with E-state index in [2.05, 4.69) is 42.2 Å². The lowest BCUT2D eigenvalue weighted by molar-refractivity contribution is 0.340. The fraction of sp³-hybridized carbons (Fsp3) is 0.667. The molecule has 1 aromatic rings. The molecule has 1 saturated carbocycles. The van der Waals surface area contributed by atoms with Crippen LogP contribution in [0.5, 0.6) is 0 Å². The fourth-order valence-corrected chi connectivity index (χ4v) is 2.98. The minimum atomic E-state index is 0.647. The molecule has 1 aliphatic rings. The van der Waals surface area contributed by atoms with E-state index in [4.69, 9.17) is 0 Å². The first-order chi connectivity index (χ1) is 8.72. The molecule has 0 bridgehead atoms. The molecule has 0 amide bonds. The molecule has 0 spiro atoms. The second-order valence-corrected chi connectivity index (χ2v) is 5.32. The summed E-state index contributed by atoms with van der Waals surface area (Å²) in [5.41, 5.74) is 1.27. The van der Waals surface area contributed by atoms with Gasteiger partial charge in [-0.05, 0) is 50.8 Å². The summed E-state index contributed by atoms with van der Waals surface area (Å²) in [5.74, 6) is 1.14. The summed E-state index contributed by atoms with van der Waals surface area (Å²) >= 11 is 0. The van der Waals surface area contributed by atoms with Gasteiger partial charge in [-0.2, -0.15) is 0 Å². The summed E-state index contributed by atoms with van der Waals surface area (Å²) < 4.78 is 0. The molecule has 3 heteroatoms. The molecule has 1 aromatic heterocycles. The Bertz CT molecular complexity index is 370. The van der Waals surface area contributed by atoms with Crippen LogP contribution in [0, 0.1) is 6.92 Å². The van der Waals surface area contributed by atoms with Crippen LogP contribution in [-0.2, 0) is 0 Å². The minimum Gasteiger partial charge on any atom is -0.356 e. The third-order valence-electron chi connectivity index (χ3n) is 4.05. The summed E-state index contributed by atoms with van der Waals surface area (Å²) in [5, 5.41) is 3.56. The number of nitrogens with zero attached hydrogens (tertiary/aromatic N) is 2. The van der Waals surface area contributed by atoms with E-state index in [1.54, 1.807) is 0 Å². The Kier molecular flexibility index (Phi) is 4.59. The first kappa shape index (κ1) is 13.3. The lowest BCUT2D eigenvalue weighted by Gasteiger charge is -2.36. The topological polar surface area (TPSA) is 28.2 Å². The minimum absolute atomic E-state index is 0.647. The summed E-state index contributed by atoms with van der Waals surface area (Å²) in [6, 6.07) is 5.52. The van der Waals surface area contributed by atoms with Crippen LogP contribution in [-0.4, -0.2) is 30.7 Å². The number of aromatic nitrogens is 1. The molecular formula is C15H25N3. The molecule has 1 fully saturated rings. The number of hydrogen-bond acceptors (Lipinski definition) is 3. The van der Waals surface area contributed by atoms with Gasteiger partial charge in [0.1, 0.15) is 5.82 Å². The van der Waals surface area contributed by atoms with Crippen molar-refractivity contribution in [2.45, 2.75) is 51.6 Å². The van der Waals surface area contributed by atoms with Crippen LogP contribution >= 0.6 is 0 Å². The summed E-state index contributed by atoms with van der Waals surface area (Å²) in [6.07, 6.45) is 7.00. The smallest absolute Gasteiger partial charge is 0.131 e. The van der Waals surface area contributed by atoms with Gasteiger partial charge >= 0.3 is 0 Å². The fourth-order valence-electron chi connectivity index (χ4n) is 2.98. The summed E-state index contributed by atoms with van der Waals surface area (Å²) in [4.78, 5) is 6.89. The van der Waals surface area contributed by atoms with Crippen LogP contribution in [0.3, 0.4) is 0 Å². The molecule has 1 heterocycles. The van der Waals surface area contributed by atoms with Crippen LogP contribution in [0.4, 0.5) is 5.82 Å². The van der Waals surface area contributed by atoms with E-state index < -0.39 is 0 Å². The third kappa shape index (κ3) is 3.02. The van der Waals surface area contributed by atoms with Gasteiger partial charge in [0.2, 0.25) is 0 Å². The highest BCUT2D eigenvalue weighted by Gasteiger charge is 2.24. The zero-order valence-electron chi connectivity index (χ0n) is 11.8. The predicted molar refractivity (Wildman–Crippen MR) is 77.1 cm³/mol. The first-order valence-corrected chi connectivity index (χ1v) is 7.10. The maximum absolute atomic E-state index is 4.52. The number of nitrogens with one attached hydrogen (secondary N) is 1. The molecule has 18 heavy (non-hydrogen) atoms. The average molecular weight is 247 g/mol. The van der Waals surface area contributed by atoms with Gasteiger partial charge in [0.05, 0.1) is 0 Å². The largest absolute Gasteiger partial charge is 0.356 e. The Morgan fingerprint density at radius 3 is 2.67 bits per heavy atom. The summed E-state index contributed by atoms with van der Waals surface area (Å²) in [7, 11) is 2.19. The van der Waals surface area contributed by atoms with Crippen LogP contribution in [0.1, 0.15) is 38.2 Å². The number of pyridine rings is 1. The van der Waals surface area contributed by atoms with Gasteiger partial charge in [0, 0.05) is 25.3 Å². The quantitative estimate of drug-likeness (QED) is 0.886. The molecule has 1 N–H and O–H groups in total. The van der Waals surface area contributed by atoms with Crippen molar-refractivity contribution in [2.24, 2.45) is 0 Å². The molecule has 0 atom stereocenters. The van der Waals surface area contributed by atoms with Gasteiger partial charge in [-0.3, -0.25) is 0 Å². The Morgan fingerprint density at radius 1 is 1.33 bits per heavy atom. The lowest BCUT2D eigenvalue weighted by atomic mass is 9.90. The third-order valence-corrected chi connectivity index (χ3v) is 4.05. The molecule has 100 valence electrons. The Balaban J connectivity index is 1.95.